The van der Waals surface area contributed by atoms with Gasteiger partial charge in [0.1, 0.15) is 5.37 Å². The van der Waals surface area contributed by atoms with E-state index >= 15 is 0 Å². The van der Waals surface area contributed by atoms with Gasteiger partial charge in [0.15, 0.2) is 6.42 Å². The zero-order valence-corrected chi connectivity index (χ0v) is 16.3. The molecule has 128 valence electrons. The van der Waals surface area contributed by atoms with Gasteiger partial charge in [-0.05, 0) is 48.8 Å². The fourth-order valence-corrected chi connectivity index (χ4v) is 5.18. The average molecular weight is 372 g/mol. The van der Waals surface area contributed by atoms with Crippen molar-refractivity contribution in [3.05, 3.63) is 47.5 Å². The van der Waals surface area contributed by atoms with Gasteiger partial charge in [-0.2, -0.15) is 0 Å². The first-order valence-corrected chi connectivity index (χ1v) is 11.9. The lowest BCUT2D eigenvalue weighted by Crippen LogP contribution is -2.26. The fraction of sp³-hybridized carbons (Fsp3) is 0.500. The van der Waals surface area contributed by atoms with Crippen molar-refractivity contribution in [2.24, 2.45) is 5.50 Å². The smallest absolute Gasteiger partial charge is 0.155 e. The number of rotatable bonds is 9. The van der Waals surface area contributed by atoms with Crippen molar-refractivity contribution in [3.8, 4) is 0 Å². The van der Waals surface area contributed by atoms with E-state index in [4.69, 9.17) is 21.9 Å². The molecule has 1 aromatic rings. The zero-order valence-electron chi connectivity index (χ0n) is 13.8. The molecule has 0 bridgehead atoms. The van der Waals surface area contributed by atoms with Crippen LogP contribution in [-0.4, -0.2) is 35.8 Å². The van der Waals surface area contributed by atoms with Gasteiger partial charge in [-0.25, -0.2) is 9.69 Å². The van der Waals surface area contributed by atoms with Crippen LogP contribution in [0.4, 0.5) is 0 Å². The number of hydrogen-bond donors (Lipinski definition) is 1. The van der Waals surface area contributed by atoms with Crippen molar-refractivity contribution in [2.75, 3.05) is 25.8 Å². The number of nitrogens with zero attached hydrogens (tertiary/aromatic N) is 2. The maximum atomic E-state index is 6.31. The van der Waals surface area contributed by atoms with Crippen molar-refractivity contribution in [1.82, 2.24) is 9.96 Å². The average Bonchev–Trinajstić information content (AvgIpc) is 2.99. The molecular formula is C16H26N3OPS2. The lowest BCUT2D eigenvalue weighted by molar-refractivity contribution is -0.00390. The molecule has 0 saturated heterocycles. The van der Waals surface area contributed by atoms with E-state index < -0.39 is 6.42 Å². The number of hydroxylamine groups is 2. The standard InChI is InChI=1S/C16H26N3OPS2/c1-3-18(4-2)11-8-13-21(17,22)20-19-12-14-23-16(19)15-9-6-5-7-10-15/h5-7,9-10,12,14,16H,3-4,8,11,13H2,1-2H3,(H2,17,22). The van der Waals surface area contributed by atoms with E-state index in [0.717, 1.165) is 32.2 Å². The fourth-order valence-electron chi connectivity index (χ4n) is 2.48. The van der Waals surface area contributed by atoms with Gasteiger partial charge in [-0.3, -0.25) is 5.50 Å². The van der Waals surface area contributed by atoms with Crippen molar-refractivity contribution in [1.29, 1.82) is 0 Å². The normalized spacial score (nSPS) is 20.2. The molecule has 1 aliphatic heterocycles. The highest BCUT2D eigenvalue weighted by molar-refractivity contribution is 8.11. The predicted molar refractivity (Wildman–Crippen MR) is 105 cm³/mol. The molecule has 1 aromatic carbocycles. The highest BCUT2D eigenvalue weighted by atomic mass is 32.4. The number of nitrogens with two attached hydrogens (primary N) is 1. The van der Waals surface area contributed by atoms with Crippen LogP contribution in [0.2, 0.25) is 0 Å². The molecule has 2 rings (SSSR count). The van der Waals surface area contributed by atoms with Gasteiger partial charge in [0, 0.05) is 12.4 Å². The summed E-state index contributed by atoms with van der Waals surface area (Å²) in [7, 11) is 0. The molecule has 0 radical (unpaired) electrons. The minimum Gasteiger partial charge on any atom is -0.304 e. The minimum atomic E-state index is -2.31. The van der Waals surface area contributed by atoms with E-state index in [1.54, 1.807) is 11.8 Å². The third kappa shape index (κ3) is 5.89. The van der Waals surface area contributed by atoms with Crippen LogP contribution in [-0.2, 0) is 16.4 Å². The summed E-state index contributed by atoms with van der Waals surface area (Å²) in [5.41, 5.74) is 7.50. The Kier molecular flexibility index (Phi) is 7.60. The van der Waals surface area contributed by atoms with Crippen LogP contribution in [0.3, 0.4) is 0 Å². The maximum absolute atomic E-state index is 6.31. The Bertz CT molecular complexity index is 552. The Balaban J connectivity index is 1.89. The molecule has 1 heterocycles. The molecule has 2 N–H and O–H groups in total. The highest BCUT2D eigenvalue weighted by Crippen LogP contribution is 2.47. The summed E-state index contributed by atoms with van der Waals surface area (Å²) in [5, 5.41) is 3.96. The van der Waals surface area contributed by atoms with E-state index in [9.17, 15) is 0 Å². The minimum absolute atomic E-state index is 0.102. The Hall–Kier alpha value is -0.360. The van der Waals surface area contributed by atoms with Crippen LogP contribution in [0.1, 0.15) is 31.2 Å². The van der Waals surface area contributed by atoms with E-state index in [2.05, 4.69) is 30.9 Å². The first-order chi connectivity index (χ1) is 11.1. The Labute approximate surface area is 149 Å². The summed E-state index contributed by atoms with van der Waals surface area (Å²) >= 11 is 7.28. The van der Waals surface area contributed by atoms with Gasteiger partial charge < -0.3 is 4.90 Å². The van der Waals surface area contributed by atoms with Crippen LogP contribution in [0.25, 0.3) is 0 Å². The topological polar surface area (TPSA) is 41.7 Å². The molecule has 4 nitrogen and oxygen atoms in total. The third-order valence-electron chi connectivity index (χ3n) is 3.80. The summed E-state index contributed by atoms with van der Waals surface area (Å²) in [4.78, 5) is 2.38. The summed E-state index contributed by atoms with van der Waals surface area (Å²) in [5.74, 6) is 0. The van der Waals surface area contributed by atoms with E-state index in [1.807, 2.05) is 34.9 Å². The van der Waals surface area contributed by atoms with Gasteiger partial charge in [-0.1, -0.05) is 44.2 Å². The van der Waals surface area contributed by atoms with Gasteiger partial charge in [0.05, 0.1) is 0 Å². The summed E-state index contributed by atoms with van der Waals surface area (Å²) in [6.45, 7) is 7.50. The van der Waals surface area contributed by atoms with Crippen LogP contribution >= 0.6 is 18.2 Å². The van der Waals surface area contributed by atoms with Crippen LogP contribution in [0.5, 0.6) is 0 Å². The van der Waals surface area contributed by atoms with Gasteiger partial charge >= 0.3 is 0 Å². The largest absolute Gasteiger partial charge is 0.304 e. The number of thioether (sulfide) groups is 1. The molecule has 0 aromatic heterocycles. The summed E-state index contributed by atoms with van der Waals surface area (Å²) < 4.78 is 6.03. The second kappa shape index (κ2) is 9.21. The van der Waals surface area contributed by atoms with Gasteiger partial charge in [0.2, 0.25) is 0 Å². The van der Waals surface area contributed by atoms with Crippen molar-refractivity contribution in [3.63, 3.8) is 0 Å². The Morgan fingerprint density at radius 3 is 2.65 bits per heavy atom. The van der Waals surface area contributed by atoms with Crippen LogP contribution < -0.4 is 5.50 Å². The highest BCUT2D eigenvalue weighted by Gasteiger charge is 2.27. The molecular weight excluding hydrogens is 345 g/mol. The van der Waals surface area contributed by atoms with Gasteiger partial charge in [0.25, 0.3) is 0 Å². The van der Waals surface area contributed by atoms with Crippen molar-refractivity contribution < 1.29 is 4.62 Å². The van der Waals surface area contributed by atoms with Crippen molar-refractivity contribution in [2.45, 2.75) is 25.6 Å². The van der Waals surface area contributed by atoms with E-state index in [-0.39, 0.29) is 5.37 Å². The second-order valence-electron chi connectivity index (χ2n) is 5.46. The van der Waals surface area contributed by atoms with E-state index in [1.165, 1.54) is 5.56 Å². The van der Waals surface area contributed by atoms with Crippen LogP contribution in [0.15, 0.2) is 41.9 Å². The van der Waals surface area contributed by atoms with Crippen molar-refractivity contribution >= 4 is 30.0 Å². The summed E-state index contributed by atoms with van der Waals surface area (Å²) in [6.07, 6.45) is 1.36. The molecule has 7 heteroatoms. The number of hydrogen-bond acceptors (Lipinski definition) is 5. The molecule has 0 fully saturated rings. The number of benzene rings is 1. The SMILES string of the molecule is CCN(CC)CCCP(N)(=S)ON1C=CSC1c1ccccc1. The monoisotopic (exact) mass is 371 g/mol. The first kappa shape index (κ1) is 19.0. The molecule has 2 atom stereocenters. The molecule has 0 saturated carbocycles. The second-order valence-corrected chi connectivity index (χ2v) is 10.4. The van der Waals surface area contributed by atoms with E-state index in [0.29, 0.717) is 0 Å². The molecule has 2 unspecified atom stereocenters. The lowest BCUT2D eigenvalue weighted by Gasteiger charge is -2.29. The van der Waals surface area contributed by atoms with Gasteiger partial charge in [-0.15, -0.1) is 11.8 Å². The first-order valence-electron chi connectivity index (χ1n) is 8.01. The predicted octanol–water partition coefficient (Wildman–Crippen LogP) is 4.14. The van der Waals surface area contributed by atoms with Crippen LogP contribution in [0, 0.1) is 0 Å². The summed E-state index contributed by atoms with van der Waals surface area (Å²) in [6, 6.07) is 10.3. The zero-order chi connectivity index (χ0) is 16.7. The maximum Gasteiger partial charge on any atom is 0.155 e. The molecule has 23 heavy (non-hydrogen) atoms. The third-order valence-corrected chi connectivity index (χ3v) is 6.97. The molecule has 0 spiro atoms. The molecule has 0 aliphatic carbocycles. The Morgan fingerprint density at radius 1 is 1.30 bits per heavy atom. The Morgan fingerprint density at radius 2 is 2.00 bits per heavy atom. The molecule has 1 aliphatic rings. The lowest BCUT2D eigenvalue weighted by atomic mass is 10.2. The quantitative estimate of drug-likeness (QED) is 0.658. The molecule has 0 amide bonds.